The number of carbonyl (C=O) groups is 3. The highest BCUT2D eigenvalue weighted by molar-refractivity contribution is 7.12. The number of nitrogen functional groups attached to an aromatic ring is 1. The SMILES string of the molecule is Nc1cc(F)ccc1C(=O)OCC(=O)NC(=O)c1cccs1. The topological polar surface area (TPSA) is 98.5 Å². The predicted octanol–water partition coefficient (Wildman–Crippen LogP) is 1.58. The Morgan fingerprint density at radius 3 is 2.68 bits per heavy atom. The smallest absolute Gasteiger partial charge is 0.340 e. The number of imide groups is 1. The molecule has 114 valence electrons. The Bertz CT molecular complexity index is 716. The number of anilines is 1. The number of hydrogen-bond acceptors (Lipinski definition) is 6. The van der Waals surface area contributed by atoms with Crippen molar-refractivity contribution in [2.24, 2.45) is 0 Å². The fourth-order valence-corrected chi connectivity index (χ4v) is 2.18. The van der Waals surface area contributed by atoms with E-state index in [0.29, 0.717) is 4.88 Å². The molecule has 2 rings (SSSR count). The van der Waals surface area contributed by atoms with Crippen LogP contribution in [0.25, 0.3) is 0 Å². The average molecular weight is 322 g/mol. The highest BCUT2D eigenvalue weighted by atomic mass is 32.1. The minimum Gasteiger partial charge on any atom is -0.452 e. The lowest BCUT2D eigenvalue weighted by Crippen LogP contribution is -2.33. The maximum Gasteiger partial charge on any atom is 0.340 e. The lowest BCUT2D eigenvalue weighted by atomic mass is 10.2. The molecule has 1 aromatic heterocycles. The van der Waals surface area contributed by atoms with Gasteiger partial charge in [0.1, 0.15) is 5.82 Å². The third-order valence-corrected chi connectivity index (χ3v) is 3.43. The van der Waals surface area contributed by atoms with Crippen molar-refractivity contribution < 1.29 is 23.5 Å². The highest BCUT2D eigenvalue weighted by Gasteiger charge is 2.16. The predicted molar refractivity (Wildman–Crippen MR) is 77.9 cm³/mol. The Balaban J connectivity index is 1.88. The van der Waals surface area contributed by atoms with Gasteiger partial charge in [0.05, 0.1) is 10.4 Å². The molecule has 0 aliphatic carbocycles. The van der Waals surface area contributed by atoms with Crippen molar-refractivity contribution in [2.75, 3.05) is 12.3 Å². The Hall–Kier alpha value is -2.74. The van der Waals surface area contributed by atoms with E-state index >= 15 is 0 Å². The first-order valence-corrected chi connectivity index (χ1v) is 6.95. The Labute approximate surface area is 128 Å². The van der Waals surface area contributed by atoms with E-state index in [-0.39, 0.29) is 11.3 Å². The fraction of sp³-hybridized carbons (Fsp3) is 0.0714. The molecule has 8 heteroatoms. The lowest BCUT2D eigenvalue weighted by Gasteiger charge is -2.07. The number of nitrogens with one attached hydrogen (secondary N) is 1. The summed E-state index contributed by atoms with van der Waals surface area (Å²) in [6, 6.07) is 6.39. The van der Waals surface area contributed by atoms with Crippen molar-refractivity contribution in [3.63, 3.8) is 0 Å². The summed E-state index contributed by atoms with van der Waals surface area (Å²) in [5, 5.41) is 3.77. The molecule has 0 saturated carbocycles. The van der Waals surface area contributed by atoms with Crippen molar-refractivity contribution >= 4 is 34.8 Å². The van der Waals surface area contributed by atoms with E-state index in [0.717, 1.165) is 18.2 Å². The molecule has 3 N–H and O–H groups in total. The van der Waals surface area contributed by atoms with E-state index in [9.17, 15) is 18.8 Å². The van der Waals surface area contributed by atoms with Gasteiger partial charge in [-0.3, -0.25) is 14.9 Å². The third-order valence-electron chi connectivity index (χ3n) is 2.57. The van der Waals surface area contributed by atoms with Crippen LogP contribution >= 0.6 is 11.3 Å². The molecule has 22 heavy (non-hydrogen) atoms. The summed E-state index contributed by atoms with van der Waals surface area (Å²) in [6.07, 6.45) is 0. The number of esters is 1. The molecule has 2 aromatic rings. The van der Waals surface area contributed by atoms with Crippen molar-refractivity contribution in [2.45, 2.75) is 0 Å². The molecular weight excluding hydrogens is 311 g/mol. The number of carbonyl (C=O) groups excluding carboxylic acids is 3. The van der Waals surface area contributed by atoms with Gasteiger partial charge in [0.2, 0.25) is 0 Å². The molecule has 1 aromatic carbocycles. The standard InChI is InChI=1S/C14H11FN2O4S/c15-8-3-4-9(10(16)6-8)14(20)21-7-12(18)17-13(19)11-2-1-5-22-11/h1-6H,7,16H2,(H,17,18,19). The normalized spacial score (nSPS) is 10.0. The van der Waals surface area contributed by atoms with Crippen LogP contribution in [0.3, 0.4) is 0 Å². The van der Waals surface area contributed by atoms with Crippen LogP contribution in [0, 0.1) is 5.82 Å². The molecule has 0 atom stereocenters. The zero-order chi connectivity index (χ0) is 16.1. The summed E-state index contributed by atoms with van der Waals surface area (Å²) in [6.45, 7) is -0.646. The number of amides is 2. The van der Waals surface area contributed by atoms with Gasteiger partial charge >= 0.3 is 5.97 Å². The highest BCUT2D eigenvalue weighted by Crippen LogP contribution is 2.14. The fourth-order valence-electron chi connectivity index (χ4n) is 1.56. The van der Waals surface area contributed by atoms with Crippen LogP contribution < -0.4 is 11.1 Å². The van der Waals surface area contributed by atoms with Crippen molar-refractivity contribution in [1.82, 2.24) is 5.32 Å². The summed E-state index contributed by atoms with van der Waals surface area (Å²) in [5.41, 5.74) is 5.33. The summed E-state index contributed by atoms with van der Waals surface area (Å²) in [5.74, 6) is -2.81. The van der Waals surface area contributed by atoms with Crippen molar-refractivity contribution in [1.29, 1.82) is 0 Å². The first-order chi connectivity index (χ1) is 10.5. The number of halogens is 1. The van der Waals surface area contributed by atoms with E-state index in [1.165, 1.54) is 11.3 Å². The molecule has 0 radical (unpaired) electrons. The first-order valence-electron chi connectivity index (χ1n) is 6.07. The Morgan fingerprint density at radius 2 is 2.05 bits per heavy atom. The molecule has 0 spiro atoms. The number of hydrogen-bond donors (Lipinski definition) is 2. The molecule has 6 nitrogen and oxygen atoms in total. The number of rotatable bonds is 4. The second-order valence-electron chi connectivity index (χ2n) is 4.16. The van der Waals surface area contributed by atoms with Gasteiger partial charge in [0.25, 0.3) is 11.8 Å². The van der Waals surface area contributed by atoms with Gasteiger partial charge in [-0.1, -0.05) is 6.07 Å². The molecule has 0 saturated heterocycles. The zero-order valence-electron chi connectivity index (χ0n) is 11.2. The zero-order valence-corrected chi connectivity index (χ0v) is 12.0. The Morgan fingerprint density at radius 1 is 1.27 bits per heavy atom. The van der Waals surface area contributed by atoms with Gasteiger partial charge in [-0.15, -0.1) is 11.3 Å². The van der Waals surface area contributed by atoms with Crippen LogP contribution in [0.15, 0.2) is 35.7 Å². The minimum atomic E-state index is -0.878. The molecule has 0 aliphatic rings. The van der Waals surface area contributed by atoms with Crippen LogP contribution in [0.4, 0.5) is 10.1 Å². The van der Waals surface area contributed by atoms with Gasteiger partial charge in [-0.25, -0.2) is 9.18 Å². The molecule has 0 fully saturated rings. The lowest BCUT2D eigenvalue weighted by molar-refractivity contribution is -0.123. The van der Waals surface area contributed by atoms with Crippen molar-refractivity contribution in [3.8, 4) is 0 Å². The van der Waals surface area contributed by atoms with Crippen LogP contribution in [0.5, 0.6) is 0 Å². The molecule has 0 aliphatic heterocycles. The molecule has 1 heterocycles. The third kappa shape index (κ3) is 3.89. The van der Waals surface area contributed by atoms with Gasteiger partial charge in [-0.2, -0.15) is 0 Å². The molecular formula is C14H11FN2O4S. The van der Waals surface area contributed by atoms with E-state index in [2.05, 4.69) is 5.32 Å². The number of nitrogens with two attached hydrogens (primary N) is 1. The largest absolute Gasteiger partial charge is 0.452 e. The average Bonchev–Trinajstić information content (AvgIpc) is 2.99. The Kier molecular flexibility index (Phi) is 4.84. The molecule has 0 bridgehead atoms. The quantitative estimate of drug-likeness (QED) is 0.658. The van der Waals surface area contributed by atoms with E-state index < -0.39 is 30.2 Å². The van der Waals surface area contributed by atoms with Gasteiger partial charge in [0, 0.05) is 5.69 Å². The van der Waals surface area contributed by atoms with Crippen LogP contribution in [-0.4, -0.2) is 24.4 Å². The monoisotopic (exact) mass is 322 g/mol. The summed E-state index contributed by atoms with van der Waals surface area (Å²) in [7, 11) is 0. The second kappa shape index (κ2) is 6.81. The molecule has 0 unspecified atom stereocenters. The molecule has 2 amide bonds. The number of ether oxygens (including phenoxy) is 1. The summed E-state index contributed by atoms with van der Waals surface area (Å²) < 4.78 is 17.6. The van der Waals surface area contributed by atoms with Crippen LogP contribution in [0.2, 0.25) is 0 Å². The first kappa shape index (κ1) is 15.6. The number of thiophene rings is 1. The van der Waals surface area contributed by atoms with Gasteiger partial charge in [0.15, 0.2) is 6.61 Å². The summed E-state index contributed by atoms with van der Waals surface area (Å²) >= 11 is 1.17. The maximum absolute atomic E-state index is 12.9. The second-order valence-corrected chi connectivity index (χ2v) is 5.11. The number of benzene rings is 1. The summed E-state index contributed by atoms with van der Waals surface area (Å²) in [4.78, 5) is 35.2. The van der Waals surface area contributed by atoms with E-state index in [1.807, 2.05) is 0 Å². The van der Waals surface area contributed by atoms with Gasteiger partial charge in [-0.05, 0) is 29.6 Å². The minimum absolute atomic E-state index is 0.0567. The van der Waals surface area contributed by atoms with Crippen molar-refractivity contribution in [3.05, 3.63) is 52.0 Å². The van der Waals surface area contributed by atoms with Crippen LogP contribution in [-0.2, 0) is 9.53 Å². The van der Waals surface area contributed by atoms with Gasteiger partial charge < -0.3 is 10.5 Å². The van der Waals surface area contributed by atoms with E-state index in [4.69, 9.17) is 10.5 Å². The van der Waals surface area contributed by atoms with E-state index in [1.54, 1.807) is 17.5 Å². The van der Waals surface area contributed by atoms with Crippen LogP contribution in [0.1, 0.15) is 20.0 Å². The maximum atomic E-state index is 12.9.